The summed E-state index contributed by atoms with van der Waals surface area (Å²) >= 11 is 0. The Kier molecular flexibility index (Phi) is 6.47. The Morgan fingerprint density at radius 1 is 1.09 bits per heavy atom. The van der Waals surface area contributed by atoms with E-state index in [1.54, 1.807) is 6.20 Å². The summed E-state index contributed by atoms with van der Waals surface area (Å²) in [4.78, 5) is 8.86. The molecule has 33 heavy (non-hydrogen) atoms. The molecule has 0 radical (unpaired) electrons. The molecule has 2 aliphatic carbocycles. The molecule has 176 valence electrons. The fourth-order valence-electron chi connectivity index (χ4n) is 4.38. The van der Waals surface area contributed by atoms with E-state index in [0.29, 0.717) is 18.2 Å². The van der Waals surface area contributed by atoms with Gasteiger partial charge in [-0.1, -0.05) is 13.8 Å². The third-order valence-corrected chi connectivity index (χ3v) is 7.42. The largest absolute Gasteiger partial charge is 0.391 e. The zero-order valence-corrected chi connectivity index (χ0v) is 19.7. The van der Waals surface area contributed by atoms with Crippen LogP contribution >= 0.6 is 9.24 Å². The Balaban J connectivity index is 1.80. The van der Waals surface area contributed by atoms with Crippen molar-refractivity contribution in [1.82, 2.24) is 9.97 Å². The summed E-state index contributed by atoms with van der Waals surface area (Å²) in [6.45, 7) is 3.16. The third kappa shape index (κ3) is 4.75. The number of allylic oxidation sites excluding steroid dienone is 4. The second kappa shape index (κ2) is 8.90. The van der Waals surface area contributed by atoms with E-state index in [1.165, 1.54) is 18.3 Å². The molecule has 1 unspecified atom stereocenters. The van der Waals surface area contributed by atoms with E-state index in [9.17, 15) is 17.6 Å². The highest BCUT2D eigenvalue weighted by molar-refractivity contribution is 7.23. The Hall–Kier alpha value is -2.14. The average molecular weight is 480 g/mol. The van der Waals surface area contributed by atoms with Crippen LogP contribution < -0.4 is 0 Å². The molecule has 1 aromatic carbocycles. The molecular formula is C25H26F5N2P. The molecule has 0 spiro atoms. The first-order valence-corrected chi connectivity index (χ1v) is 11.7. The number of hydrogen-bond acceptors (Lipinski definition) is 2. The minimum absolute atomic E-state index is 0.0355. The van der Waals surface area contributed by atoms with Crippen LogP contribution in [0.2, 0.25) is 0 Å². The highest BCUT2D eigenvalue weighted by Gasteiger charge is 2.44. The number of alkyl halides is 3. The predicted molar refractivity (Wildman–Crippen MR) is 123 cm³/mol. The van der Waals surface area contributed by atoms with E-state index in [-0.39, 0.29) is 33.4 Å². The Bertz CT molecular complexity index is 1110. The van der Waals surface area contributed by atoms with Crippen LogP contribution in [0, 0.1) is 11.7 Å². The lowest BCUT2D eigenvalue weighted by Crippen LogP contribution is -2.22. The van der Waals surface area contributed by atoms with E-state index >= 15 is 4.39 Å². The maximum Gasteiger partial charge on any atom is 0.391 e. The molecule has 0 amide bonds. The minimum atomic E-state index is -4.43. The molecule has 2 atom stereocenters. The molecule has 2 nitrogen and oxygen atoms in total. The molecule has 0 N–H and O–H groups in total. The summed E-state index contributed by atoms with van der Waals surface area (Å²) in [6, 6.07) is 2.51. The van der Waals surface area contributed by atoms with Crippen LogP contribution in [0.3, 0.4) is 0 Å². The molecule has 1 saturated carbocycles. The first-order valence-electron chi connectivity index (χ1n) is 11.1. The van der Waals surface area contributed by atoms with Crippen LogP contribution in [-0.4, -0.2) is 16.1 Å². The molecule has 1 aromatic heterocycles. The molecule has 8 heteroatoms. The van der Waals surface area contributed by atoms with Crippen LogP contribution in [-0.2, 0) is 11.8 Å². The van der Waals surface area contributed by atoms with E-state index in [0.717, 1.165) is 37.9 Å². The Labute approximate surface area is 192 Å². The van der Waals surface area contributed by atoms with Crippen molar-refractivity contribution < 1.29 is 22.0 Å². The fourth-order valence-corrected chi connectivity index (χ4v) is 4.84. The van der Waals surface area contributed by atoms with Crippen molar-refractivity contribution in [3.63, 3.8) is 0 Å². The topological polar surface area (TPSA) is 25.8 Å². The molecule has 0 aliphatic heterocycles. The monoisotopic (exact) mass is 480 g/mol. The molecule has 0 saturated heterocycles. The zero-order valence-electron chi connectivity index (χ0n) is 18.6. The average Bonchev–Trinajstić information content (AvgIpc) is 3.56. The number of hydrogen-bond donors (Lipinski definition) is 0. The van der Waals surface area contributed by atoms with Gasteiger partial charge < -0.3 is 0 Å². The summed E-state index contributed by atoms with van der Waals surface area (Å²) in [5.74, 6) is -2.89. The van der Waals surface area contributed by atoms with Crippen molar-refractivity contribution in [2.24, 2.45) is 5.92 Å². The van der Waals surface area contributed by atoms with Crippen molar-refractivity contribution in [2.45, 2.75) is 64.0 Å². The van der Waals surface area contributed by atoms with Gasteiger partial charge in [-0.25, -0.2) is 8.78 Å². The maximum atomic E-state index is 15.2. The van der Waals surface area contributed by atoms with Crippen LogP contribution in [0.15, 0.2) is 41.7 Å². The SMILES string of the molecule is CCC1(c2cnc(-c3cc(C[C@@H](C)C(F)(F)F)c(C4=C(P)CCC=C4F)cc3F)cn2)CC1. The van der Waals surface area contributed by atoms with E-state index in [1.807, 2.05) is 0 Å². The van der Waals surface area contributed by atoms with E-state index < -0.39 is 30.2 Å². The molecule has 0 bridgehead atoms. The first-order chi connectivity index (χ1) is 15.6. The quantitative estimate of drug-likeness (QED) is 0.313. The van der Waals surface area contributed by atoms with Gasteiger partial charge in [-0.3, -0.25) is 9.97 Å². The molecule has 1 fully saturated rings. The van der Waals surface area contributed by atoms with Gasteiger partial charge in [-0.15, -0.1) is 9.24 Å². The van der Waals surface area contributed by atoms with Crippen molar-refractivity contribution in [3.05, 3.63) is 64.4 Å². The molecule has 1 heterocycles. The van der Waals surface area contributed by atoms with Gasteiger partial charge >= 0.3 is 6.18 Å². The minimum Gasteiger partial charge on any atom is -0.257 e. The van der Waals surface area contributed by atoms with Gasteiger partial charge in [-0.05, 0) is 73.2 Å². The number of benzene rings is 1. The molecule has 2 aliphatic rings. The van der Waals surface area contributed by atoms with Crippen LogP contribution in [0.5, 0.6) is 0 Å². The summed E-state index contributed by atoms with van der Waals surface area (Å²) < 4.78 is 70.0. The zero-order chi connectivity index (χ0) is 24.0. The van der Waals surface area contributed by atoms with Crippen molar-refractivity contribution in [2.75, 3.05) is 0 Å². The van der Waals surface area contributed by atoms with Gasteiger partial charge in [-0.2, -0.15) is 13.2 Å². The Morgan fingerprint density at radius 2 is 1.82 bits per heavy atom. The lowest BCUT2D eigenvalue weighted by Gasteiger charge is -2.22. The summed E-state index contributed by atoms with van der Waals surface area (Å²) in [5.41, 5.74) is 1.73. The number of nitrogens with zero attached hydrogens (tertiary/aromatic N) is 2. The van der Waals surface area contributed by atoms with Gasteiger partial charge in [0.2, 0.25) is 0 Å². The lowest BCUT2D eigenvalue weighted by molar-refractivity contribution is -0.169. The van der Waals surface area contributed by atoms with Gasteiger partial charge in [0.05, 0.1) is 23.5 Å². The maximum absolute atomic E-state index is 15.2. The van der Waals surface area contributed by atoms with E-state index in [2.05, 4.69) is 26.1 Å². The van der Waals surface area contributed by atoms with Crippen molar-refractivity contribution in [1.29, 1.82) is 0 Å². The molecule has 4 rings (SSSR count). The highest BCUT2D eigenvalue weighted by atomic mass is 31.0. The molecular weight excluding hydrogens is 454 g/mol. The van der Waals surface area contributed by atoms with Gasteiger partial charge in [0.25, 0.3) is 0 Å². The number of halogens is 5. The summed E-state index contributed by atoms with van der Waals surface area (Å²) in [6.07, 6.45) is 3.70. The highest BCUT2D eigenvalue weighted by Crippen LogP contribution is 2.50. The lowest BCUT2D eigenvalue weighted by atomic mass is 9.88. The standard InChI is InChI=1S/C25H26F5N2P/c1-3-24(7-8-24)22-13-31-20(12-32-22)17-10-15(9-14(2)25(28,29)30)16(11-19(17)27)23-18(26)5-4-6-21(23)33/h5,10-14H,3-4,6-9,33H2,1-2H3/t14-/m1/s1. The number of aromatic nitrogens is 2. The predicted octanol–water partition coefficient (Wildman–Crippen LogP) is 7.70. The summed E-state index contributed by atoms with van der Waals surface area (Å²) in [7, 11) is 2.44. The first kappa shape index (κ1) is 24.0. The fraction of sp³-hybridized carbons (Fsp3) is 0.440. The second-order valence-corrected chi connectivity index (χ2v) is 9.74. The summed E-state index contributed by atoms with van der Waals surface area (Å²) in [5, 5.41) is 0.613. The third-order valence-electron chi connectivity index (χ3n) is 6.85. The van der Waals surface area contributed by atoms with Crippen molar-refractivity contribution >= 4 is 14.8 Å². The van der Waals surface area contributed by atoms with Gasteiger partial charge in [0.15, 0.2) is 0 Å². The van der Waals surface area contributed by atoms with Crippen LogP contribution in [0.25, 0.3) is 16.8 Å². The second-order valence-electron chi connectivity index (χ2n) is 9.05. The Morgan fingerprint density at radius 3 is 2.36 bits per heavy atom. The van der Waals surface area contributed by atoms with E-state index in [4.69, 9.17) is 0 Å². The molecule has 2 aromatic rings. The van der Waals surface area contributed by atoms with Crippen LogP contribution in [0.4, 0.5) is 22.0 Å². The van der Waals surface area contributed by atoms with Crippen LogP contribution in [0.1, 0.15) is 62.8 Å². The van der Waals surface area contributed by atoms with Gasteiger partial charge in [0.1, 0.15) is 11.6 Å². The normalized spacial score (nSPS) is 18.8. The smallest absolute Gasteiger partial charge is 0.257 e. The number of rotatable bonds is 6. The van der Waals surface area contributed by atoms with Crippen molar-refractivity contribution in [3.8, 4) is 11.3 Å². The van der Waals surface area contributed by atoms with Gasteiger partial charge in [0, 0.05) is 22.7 Å².